The largest absolute Gasteiger partial charge is 0.375 e. The van der Waals surface area contributed by atoms with Crippen LogP contribution in [0.2, 0.25) is 0 Å². The molecule has 0 saturated heterocycles. The van der Waals surface area contributed by atoms with E-state index in [0.29, 0.717) is 11.3 Å². The van der Waals surface area contributed by atoms with Crippen LogP contribution in [0, 0.1) is 17.1 Å². The molecule has 0 amide bonds. The summed E-state index contributed by atoms with van der Waals surface area (Å²) in [5.41, 5.74) is 1.94. The second kappa shape index (κ2) is 5.56. The standard InChI is InChI=1S/C19H14FN5/c1-19(15-4-2-3-13(10-21)17(15)20)18(22-7-8-23-19)12-5-6-16-14(9-12)11-24-25-16/h2-9,11,23H,1H3,(H,24,25). The van der Waals surface area contributed by atoms with E-state index in [9.17, 15) is 4.39 Å². The predicted molar refractivity (Wildman–Crippen MR) is 93.4 cm³/mol. The van der Waals surface area contributed by atoms with Crippen LogP contribution in [-0.4, -0.2) is 15.9 Å². The van der Waals surface area contributed by atoms with E-state index in [-0.39, 0.29) is 5.56 Å². The molecule has 1 aliphatic heterocycles. The number of rotatable bonds is 2. The van der Waals surface area contributed by atoms with Crippen molar-refractivity contribution >= 4 is 16.6 Å². The Hall–Kier alpha value is -3.46. The van der Waals surface area contributed by atoms with Crippen LogP contribution in [0.25, 0.3) is 10.9 Å². The molecular formula is C19H14FN5. The van der Waals surface area contributed by atoms with Crippen molar-refractivity contribution in [2.45, 2.75) is 12.5 Å². The summed E-state index contributed by atoms with van der Waals surface area (Å²) in [5.74, 6) is -0.535. The van der Waals surface area contributed by atoms with Crippen LogP contribution in [0.3, 0.4) is 0 Å². The summed E-state index contributed by atoms with van der Waals surface area (Å²) in [6.45, 7) is 1.86. The van der Waals surface area contributed by atoms with Gasteiger partial charge < -0.3 is 5.32 Å². The molecule has 3 aromatic rings. The average Bonchev–Trinajstić information content (AvgIpc) is 3.10. The number of benzene rings is 2. The maximum Gasteiger partial charge on any atom is 0.146 e. The minimum Gasteiger partial charge on any atom is -0.375 e. The summed E-state index contributed by atoms with van der Waals surface area (Å²) in [6.07, 6.45) is 5.06. The quantitative estimate of drug-likeness (QED) is 0.756. The van der Waals surface area contributed by atoms with E-state index < -0.39 is 11.4 Å². The smallest absolute Gasteiger partial charge is 0.146 e. The first kappa shape index (κ1) is 15.1. The van der Waals surface area contributed by atoms with Gasteiger partial charge in [0, 0.05) is 23.3 Å². The molecule has 1 unspecified atom stereocenters. The van der Waals surface area contributed by atoms with Crippen molar-refractivity contribution in [1.29, 1.82) is 5.26 Å². The summed E-state index contributed by atoms with van der Waals surface area (Å²) in [4.78, 5) is 4.51. The van der Waals surface area contributed by atoms with Gasteiger partial charge in [-0.15, -0.1) is 0 Å². The van der Waals surface area contributed by atoms with Gasteiger partial charge in [0.25, 0.3) is 0 Å². The highest BCUT2D eigenvalue weighted by atomic mass is 19.1. The molecule has 2 N–H and O–H groups in total. The highest BCUT2D eigenvalue weighted by Crippen LogP contribution is 2.32. The van der Waals surface area contributed by atoms with Gasteiger partial charge in [0.2, 0.25) is 0 Å². The van der Waals surface area contributed by atoms with Crippen molar-refractivity contribution in [3.63, 3.8) is 0 Å². The zero-order valence-electron chi connectivity index (χ0n) is 13.4. The van der Waals surface area contributed by atoms with E-state index >= 15 is 0 Å². The Balaban J connectivity index is 1.90. The summed E-state index contributed by atoms with van der Waals surface area (Å²) < 4.78 is 14.8. The molecule has 25 heavy (non-hydrogen) atoms. The van der Waals surface area contributed by atoms with E-state index in [2.05, 4.69) is 20.5 Å². The first-order valence-electron chi connectivity index (χ1n) is 7.77. The number of hydrogen-bond acceptors (Lipinski definition) is 4. The maximum absolute atomic E-state index is 14.8. The van der Waals surface area contributed by atoms with Crippen molar-refractivity contribution in [1.82, 2.24) is 15.5 Å². The number of halogens is 1. The van der Waals surface area contributed by atoms with Crippen LogP contribution in [-0.2, 0) is 5.54 Å². The first-order chi connectivity index (χ1) is 12.1. The zero-order chi connectivity index (χ0) is 17.4. The van der Waals surface area contributed by atoms with E-state index in [1.165, 1.54) is 6.07 Å². The van der Waals surface area contributed by atoms with Crippen LogP contribution in [0.4, 0.5) is 4.39 Å². The molecule has 4 rings (SSSR count). The molecular weight excluding hydrogens is 317 g/mol. The van der Waals surface area contributed by atoms with Crippen LogP contribution in [0.15, 0.2) is 60.0 Å². The monoisotopic (exact) mass is 331 g/mol. The normalized spacial score (nSPS) is 19.3. The molecule has 1 aromatic heterocycles. The third-order valence-corrected chi connectivity index (χ3v) is 4.50. The lowest BCUT2D eigenvalue weighted by Gasteiger charge is -2.34. The molecule has 5 nitrogen and oxygen atoms in total. The van der Waals surface area contributed by atoms with Crippen molar-refractivity contribution in [3.8, 4) is 6.07 Å². The topological polar surface area (TPSA) is 76.9 Å². The van der Waals surface area contributed by atoms with Crippen LogP contribution in [0.5, 0.6) is 0 Å². The van der Waals surface area contributed by atoms with Crippen molar-refractivity contribution in [2.24, 2.45) is 4.99 Å². The second-order valence-corrected chi connectivity index (χ2v) is 6.01. The average molecular weight is 331 g/mol. The molecule has 2 aromatic carbocycles. The Bertz CT molecular complexity index is 1070. The molecule has 1 aliphatic rings. The number of aromatic nitrogens is 2. The highest BCUT2D eigenvalue weighted by molar-refractivity contribution is 6.10. The van der Waals surface area contributed by atoms with Gasteiger partial charge >= 0.3 is 0 Å². The van der Waals surface area contributed by atoms with Gasteiger partial charge in [0.1, 0.15) is 17.4 Å². The van der Waals surface area contributed by atoms with Crippen molar-refractivity contribution < 1.29 is 4.39 Å². The van der Waals surface area contributed by atoms with Crippen molar-refractivity contribution in [2.75, 3.05) is 0 Å². The Morgan fingerprint density at radius 2 is 2.12 bits per heavy atom. The minimum atomic E-state index is -0.900. The van der Waals surface area contributed by atoms with Gasteiger partial charge in [-0.25, -0.2) is 4.39 Å². The minimum absolute atomic E-state index is 0.0136. The number of H-pyrrole nitrogens is 1. The van der Waals surface area contributed by atoms with E-state index in [1.807, 2.05) is 31.2 Å². The number of aliphatic imine (C=N–C) groups is 1. The number of nitrogens with one attached hydrogen (secondary N) is 2. The fourth-order valence-corrected chi connectivity index (χ4v) is 3.18. The molecule has 122 valence electrons. The summed E-state index contributed by atoms with van der Waals surface area (Å²) in [7, 11) is 0. The summed E-state index contributed by atoms with van der Waals surface area (Å²) in [6, 6.07) is 12.5. The SMILES string of the molecule is CC1(c2cccc(C#N)c2F)NC=CN=C1c1ccc2[nH]ncc2c1. The molecule has 1 atom stereocenters. The Labute approximate surface area is 143 Å². The summed E-state index contributed by atoms with van der Waals surface area (Å²) >= 11 is 0. The lowest BCUT2D eigenvalue weighted by atomic mass is 9.81. The van der Waals surface area contributed by atoms with Gasteiger partial charge in [-0.05, 0) is 30.7 Å². The number of fused-ring (bicyclic) bond motifs is 1. The lowest BCUT2D eigenvalue weighted by molar-refractivity contribution is 0.508. The maximum atomic E-state index is 14.8. The molecule has 6 heteroatoms. The summed E-state index contributed by atoms with van der Waals surface area (Å²) in [5, 5.41) is 20.2. The molecule has 0 saturated carbocycles. The molecule has 0 bridgehead atoms. The van der Waals surface area contributed by atoms with Crippen LogP contribution >= 0.6 is 0 Å². The third-order valence-electron chi connectivity index (χ3n) is 4.50. The van der Waals surface area contributed by atoms with Gasteiger partial charge in [0.15, 0.2) is 0 Å². The van der Waals surface area contributed by atoms with E-state index in [4.69, 9.17) is 5.26 Å². The van der Waals surface area contributed by atoms with Crippen LogP contribution in [0.1, 0.15) is 23.6 Å². The Morgan fingerprint density at radius 3 is 2.96 bits per heavy atom. The lowest BCUT2D eigenvalue weighted by Crippen LogP contribution is -2.46. The number of nitriles is 1. The van der Waals surface area contributed by atoms with Crippen LogP contribution < -0.4 is 5.32 Å². The third kappa shape index (κ3) is 2.29. The molecule has 0 spiro atoms. The first-order valence-corrected chi connectivity index (χ1v) is 7.77. The number of hydrogen-bond donors (Lipinski definition) is 2. The molecule has 0 fully saturated rings. The van der Waals surface area contributed by atoms with Gasteiger partial charge in [-0.2, -0.15) is 10.4 Å². The van der Waals surface area contributed by atoms with Gasteiger partial charge in [-0.3, -0.25) is 10.1 Å². The van der Waals surface area contributed by atoms with E-state index in [0.717, 1.165) is 16.5 Å². The zero-order valence-corrected chi connectivity index (χ0v) is 13.4. The predicted octanol–water partition coefficient (Wildman–Crippen LogP) is 3.35. The number of nitrogens with zero attached hydrogens (tertiary/aromatic N) is 3. The second-order valence-electron chi connectivity index (χ2n) is 6.01. The Kier molecular flexibility index (Phi) is 3.36. The van der Waals surface area contributed by atoms with Gasteiger partial charge in [-0.1, -0.05) is 18.2 Å². The Morgan fingerprint density at radius 1 is 1.24 bits per heavy atom. The van der Waals surface area contributed by atoms with E-state index in [1.54, 1.807) is 30.7 Å². The fourth-order valence-electron chi connectivity index (χ4n) is 3.18. The number of aromatic amines is 1. The van der Waals surface area contributed by atoms with Gasteiger partial charge in [0.05, 0.1) is 23.0 Å². The molecule has 0 aliphatic carbocycles. The van der Waals surface area contributed by atoms with Crippen molar-refractivity contribution in [3.05, 3.63) is 77.5 Å². The fraction of sp³-hybridized carbons (Fsp3) is 0.105. The molecule has 2 heterocycles. The highest BCUT2D eigenvalue weighted by Gasteiger charge is 2.37. The molecule has 0 radical (unpaired) electrons.